The number of hydrogen-bond donors (Lipinski definition) is 2. The van der Waals surface area contributed by atoms with E-state index in [2.05, 4.69) is 36.5 Å². The van der Waals surface area contributed by atoms with Crippen LogP contribution in [0.4, 0.5) is 5.95 Å². The number of ether oxygens (including phenoxy) is 1. The minimum Gasteiger partial charge on any atom is -0.496 e. The number of benzene rings is 1. The quantitative estimate of drug-likeness (QED) is 0.680. The number of rotatable bonds is 4. The Labute approximate surface area is 160 Å². The van der Waals surface area contributed by atoms with Gasteiger partial charge in [0, 0.05) is 24.1 Å². The average Bonchev–Trinajstić information content (AvgIpc) is 2.98. The van der Waals surface area contributed by atoms with Crippen LogP contribution in [-0.2, 0) is 7.05 Å². The van der Waals surface area contributed by atoms with Crippen LogP contribution in [0.1, 0.15) is 12.8 Å². The summed E-state index contributed by atoms with van der Waals surface area (Å²) in [5.41, 5.74) is 2.48. The van der Waals surface area contributed by atoms with Crippen molar-refractivity contribution >= 4 is 33.0 Å². The minimum absolute atomic E-state index is 0.357. The number of aromatic nitrogens is 4. The van der Waals surface area contributed by atoms with Crippen LogP contribution in [0.15, 0.2) is 28.9 Å². The van der Waals surface area contributed by atoms with Gasteiger partial charge in [0.05, 0.1) is 18.9 Å². The lowest BCUT2D eigenvalue weighted by Crippen LogP contribution is -2.38. The number of nitrogens with one attached hydrogen (secondary N) is 2. The molecule has 0 aliphatic carbocycles. The Morgan fingerprint density at radius 3 is 3.00 bits per heavy atom. The standard InChI is InChI=1S/C18H21BrN6O/c1-25-14-10-21-18(22-12-4-3-7-20-9-12)24-16(14)23-17(25)13-6-5-11(19)8-15(13)26-2/h5-6,8,10,12,20H,3-4,7,9H2,1-2H3,(H,21,22,24)/t12-/m1/s1. The monoisotopic (exact) mass is 416 g/mol. The molecule has 1 aliphatic heterocycles. The predicted molar refractivity (Wildman–Crippen MR) is 106 cm³/mol. The van der Waals surface area contributed by atoms with E-state index < -0.39 is 0 Å². The number of piperidine rings is 1. The van der Waals surface area contributed by atoms with Crippen molar-refractivity contribution in [1.29, 1.82) is 0 Å². The van der Waals surface area contributed by atoms with Crippen molar-refractivity contribution in [2.75, 3.05) is 25.5 Å². The number of methoxy groups -OCH3 is 1. The van der Waals surface area contributed by atoms with Crippen molar-refractivity contribution in [2.45, 2.75) is 18.9 Å². The molecule has 0 spiro atoms. The van der Waals surface area contributed by atoms with Crippen LogP contribution in [0, 0.1) is 0 Å². The third-order valence-electron chi connectivity index (χ3n) is 4.68. The molecule has 7 nitrogen and oxygen atoms in total. The van der Waals surface area contributed by atoms with Gasteiger partial charge in [-0.1, -0.05) is 15.9 Å². The molecular weight excluding hydrogens is 396 g/mol. The highest BCUT2D eigenvalue weighted by Gasteiger charge is 2.18. The van der Waals surface area contributed by atoms with E-state index in [-0.39, 0.29) is 0 Å². The van der Waals surface area contributed by atoms with E-state index in [0.29, 0.717) is 17.6 Å². The molecular formula is C18H21BrN6O. The van der Waals surface area contributed by atoms with Crippen molar-refractivity contribution in [2.24, 2.45) is 7.05 Å². The maximum Gasteiger partial charge on any atom is 0.225 e. The van der Waals surface area contributed by atoms with E-state index in [1.807, 2.05) is 36.0 Å². The van der Waals surface area contributed by atoms with Gasteiger partial charge in [-0.15, -0.1) is 0 Å². The summed E-state index contributed by atoms with van der Waals surface area (Å²) >= 11 is 3.48. The Kier molecular flexibility index (Phi) is 4.78. The second-order valence-electron chi connectivity index (χ2n) is 6.43. The van der Waals surface area contributed by atoms with Gasteiger partial charge in [-0.2, -0.15) is 4.98 Å². The number of imidazole rings is 1. The van der Waals surface area contributed by atoms with Gasteiger partial charge in [-0.05, 0) is 37.6 Å². The number of halogens is 1. The van der Waals surface area contributed by atoms with Gasteiger partial charge >= 0.3 is 0 Å². The Morgan fingerprint density at radius 2 is 2.23 bits per heavy atom. The summed E-state index contributed by atoms with van der Waals surface area (Å²) in [6.45, 7) is 2.02. The molecule has 1 aromatic carbocycles. The maximum absolute atomic E-state index is 5.52. The van der Waals surface area contributed by atoms with Gasteiger partial charge in [0.25, 0.3) is 0 Å². The van der Waals surface area contributed by atoms with Crippen LogP contribution in [0.3, 0.4) is 0 Å². The zero-order valence-electron chi connectivity index (χ0n) is 14.8. The molecule has 1 saturated heterocycles. The Balaban J connectivity index is 1.70. The fourth-order valence-corrected chi connectivity index (χ4v) is 3.63. The van der Waals surface area contributed by atoms with Crippen molar-refractivity contribution in [3.05, 3.63) is 28.9 Å². The van der Waals surface area contributed by atoms with E-state index >= 15 is 0 Å². The number of aryl methyl sites for hydroxylation is 1. The van der Waals surface area contributed by atoms with Crippen LogP contribution in [0.25, 0.3) is 22.6 Å². The van der Waals surface area contributed by atoms with E-state index in [1.54, 1.807) is 7.11 Å². The molecule has 0 saturated carbocycles. The molecule has 8 heteroatoms. The molecule has 4 rings (SSSR count). The highest BCUT2D eigenvalue weighted by molar-refractivity contribution is 9.10. The molecule has 0 unspecified atom stereocenters. The van der Waals surface area contributed by atoms with Gasteiger partial charge < -0.3 is 19.9 Å². The van der Waals surface area contributed by atoms with E-state index in [4.69, 9.17) is 9.72 Å². The van der Waals surface area contributed by atoms with Crippen molar-refractivity contribution in [3.63, 3.8) is 0 Å². The van der Waals surface area contributed by atoms with Crippen molar-refractivity contribution in [3.8, 4) is 17.1 Å². The second kappa shape index (κ2) is 7.20. The summed E-state index contributed by atoms with van der Waals surface area (Å²) in [6, 6.07) is 6.26. The molecule has 2 aromatic heterocycles. The van der Waals surface area contributed by atoms with Crippen molar-refractivity contribution < 1.29 is 4.74 Å². The van der Waals surface area contributed by atoms with Crippen molar-refractivity contribution in [1.82, 2.24) is 24.8 Å². The van der Waals surface area contributed by atoms with Gasteiger partial charge in [0.2, 0.25) is 5.95 Å². The third kappa shape index (κ3) is 3.26. The first-order valence-corrected chi connectivity index (χ1v) is 9.45. The molecule has 0 bridgehead atoms. The summed E-state index contributed by atoms with van der Waals surface area (Å²) < 4.78 is 8.47. The first-order chi connectivity index (χ1) is 12.7. The lowest BCUT2D eigenvalue weighted by atomic mass is 10.1. The summed E-state index contributed by atoms with van der Waals surface area (Å²) in [5.74, 6) is 2.19. The molecule has 1 atom stereocenters. The number of nitrogens with zero attached hydrogens (tertiary/aromatic N) is 4. The molecule has 26 heavy (non-hydrogen) atoms. The normalized spacial score (nSPS) is 17.4. The third-order valence-corrected chi connectivity index (χ3v) is 5.17. The lowest BCUT2D eigenvalue weighted by molar-refractivity contribution is 0.415. The highest BCUT2D eigenvalue weighted by atomic mass is 79.9. The summed E-state index contributed by atoms with van der Waals surface area (Å²) in [6.07, 6.45) is 4.11. The van der Waals surface area contributed by atoms with E-state index in [9.17, 15) is 0 Å². The molecule has 3 aromatic rings. The molecule has 1 aliphatic rings. The van der Waals surface area contributed by atoms with Gasteiger partial charge in [0.15, 0.2) is 5.65 Å². The zero-order valence-corrected chi connectivity index (χ0v) is 16.4. The Morgan fingerprint density at radius 1 is 1.35 bits per heavy atom. The topological polar surface area (TPSA) is 76.9 Å². The molecule has 3 heterocycles. The van der Waals surface area contributed by atoms with Gasteiger partial charge in [-0.25, -0.2) is 9.97 Å². The second-order valence-corrected chi connectivity index (χ2v) is 7.34. The number of hydrogen-bond acceptors (Lipinski definition) is 6. The average molecular weight is 417 g/mol. The first-order valence-electron chi connectivity index (χ1n) is 8.66. The Hall–Kier alpha value is -2.19. The maximum atomic E-state index is 5.52. The smallest absolute Gasteiger partial charge is 0.225 e. The van der Waals surface area contributed by atoms with Gasteiger partial charge in [-0.3, -0.25) is 0 Å². The minimum atomic E-state index is 0.357. The van der Waals surface area contributed by atoms with Crippen LogP contribution in [0.5, 0.6) is 5.75 Å². The van der Waals surface area contributed by atoms with Gasteiger partial charge in [0.1, 0.15) is 17.1 Å². The molecule has 1 fully saturated rings. The molecule has 136 valence electrons. The largest absolute Gasteiger partial charge is 0.496 e. The van der Waals surface area contributed by atoms with Crippen LogP contribution in [-0.4, -0.2) is 45.8 Å². The zero-order chi connectivity index (χ0) is 18.1. The van der Waals surface area contributed by atoms with Crippen LogP contribution in [0.2, 0.25) is 0 Å². The predicted octanol–water partition coefficient (Wildman–Crippen LogP) is 2.97. The molecule has 0 radical (unpaired) electrons. The fraction of sp³-hybridized carbons (Fsp3) is 0.389. The van der Waals surface area contributed by atoms with E-state index in [0.717, 1.165) is 53.1 Å². The summed E-state index contributed by atoms with van der Waals surface area (Å²) in [7, 11) is 3.63. The number of anilines is 1. The number of fused-ring (bicyclic) bond motifs is 1. The molecule has 2 N–H and O–H groups in total. The Bertz CT molecular complexity index is 935. The SMILES string of the molecule is COc1cc(Br)ccc1-c1nc2nc(N[C@@H]3CCCNC3)ncc2n1C. The highest BCUT2D eigenvalue weighted by Crippen LogP contribution is 2.33. The fourth-order valence-electron chi connectivity index (χ4n) is 3.29. The van der Waals surface area contributed by atoms with E-state index in [1.165, 1.54) is 0 Å². The first kappa shape index (κ1) is 17.2. The van der Waals surface area contributed by atoms with Crippen LogP contribution < -0.4 is 15.4 Å². The van der Waals surface area contributed by atoms with Crippen LogP contribution >= 0.6 is 15.9 Å². The molecule has 0 amide bonds. The summed E-state index contributed by atoms with van der Waals surface area (Å²) in [4.78, 5) is 13.8. The lowest BCUT2D eigenvalue weighted by Gasteiger charge is -2.23. The summed E-state index contributed by atoms with van der Waals surface area (Å²) in [5, 5.41) is 6.80.